The number of imidazole rings is 1. The summed E-state index contributed by atoms with van der Waals surface area (Å²) >= 11 is 0. The molecule has 2 aromatic heterocycles. The van der Waals surface area contributed by atoms with Crippen molar-refractivity contribution in [2.45, 2.75) is 63.3 Å². The molecule has 7 nitrogen and oxygen atoms in total. The zero-order chi connectivity index (χ0) is 20.9. The predicted molar refractivity (Wildman–Crippen MR) is 113 cm³/mol. The van der Waals surface area contributed by atoms with E-state index < -0.39 is 5.60 Å². The van der Waals surface area contributed by atoms with E-state index in [4.69, 9.17) is 4.74 Å². The van der Waals surface area contributed by atoms with Crippen molar-refractivity contribution < 1.29 is 9.53 Å². The van der Waals surface area contributed by atoms with Crippen LogP contribution in [0.25, 0.3) is 11.0 Å². The van der Waals surface area contributed by atoms with E-state index in [0.717, 1.165) is 42.3 Å². The number of nitrogens with one attached hydrogen (secondary N) is 1. The van der Waals surface area contributed by atoms with Crippen LogP contribution in [0.4, 0.5) is 4.79 Å². The Hall–Kier alpha value is -3.09. The van der Waals surface area contributed by atoms with Gasteiger partial charge in [-0.15, -0.1) is 0 Å². The zero-order valence-corrected chi connectivity index (χ0v) is 17.2. The van der Waals surface area contributed by atoms with Gasteiger partial charge in [0.05, 0.1) is 23.3 Å². The number of hydrogen-bond donors (Lipinski definition) is 1. The molecule has 1 N–H and O–H groups in total. The maximum absolute atomic E-state index is 12.8. The largest absolute Gasteiger partial charge is 0.441 e. The van der Waals surface area contributed by atoms with Crippen LogP contribution in [0.2, 0.25) is 0 Å². The maximum Gasteiger partial charge on any atom is 0.411 e. The summed E-state index contributed by atoms with van der Waals surface area (Å²) in [4.78, 5) is 34.3. The number of H-pyrrole nitrogens is 1. The molecule has 1 saturated carbocycles. The van der Waals surface area contributed by atoms with Crippen LogP contribution in [-0.4, -0.2) is 37.2 Å². The molecular weight excluding hydrogens is 380 g/mol. The number of benzene rings is 1. The van der Waals surface area contributed by atoms with Gasteiger partial charge in [-0.1, -0.05) is 30.3 Å². The van der Waals surface area contributed by atoms with Crippen molar-refractivity contribution >= 4 is 17.1 Å². The van der Waals surface area contributed by atoms with Crippen LogP contribution in [0.3, 0.4) is 0 Å². The Morgan fingerprint density at radius 3 is 2.47 bits per heavy atom. The number of hydrogen-bond acceptors (Lipinski definition) is 4. The molecular formula is C23H26N4O3. The van der Waals surface area contributed by atoms with Gasteiger partial charge in [0.25, 0.3) is 0 Å². The third kappa shape index (κ3) is 3.00. The number of amides is 1. The lowest BCUT2D eigenvalue weighted by atomic mass is 9.86. The van der Waals surface area contributed by atoms with Crippen molar-refractivity contribution in [1.82, 2.24) is 19.4 Å². The fourth-order valence-electron chi connectivity index (χ4n) is 5.27. The minimum absolute atomic E-state index is 0.0923. The number of cyclic esters (lactones) is 1. The van der Waals surface area contributed by atoms with E-state index in [1.165, 1.54) is 0 Å². The van der Waals surface area contributed by atoms with Gasteiger partial charge in [-0.05, 0) is 51.2 Å². The van der Waals surface area contributed by atoms with Gasteiger partial charge >= 0.3 is 11.8 Å². The zero-order valence-electron chi connectivity index (χ0n) is 17.2. The van der Waals surface area contributed by atoms with E-state index in [0.29, 0.717) is 0 Å². The quantitative estimate of drug-likeness (QED) is 0.708. The highest BCUT2D eigenvalue weighted by Crippen LogP contribution is 2.45. The molecule has 30 heavy (non-hydrogen) atoms. The van der Waals surface area contributed by atoms with Gasteiger partial charge < -0.3 is 9.72 Å². The molecule has 3 aromatic rings. The molecule has 0 unspecified atom stereocenters. The third-order valence-corrected chi connectivity index (χ3v) is 6.56. The highest BCUT2D eigenvalue weighted by atomic mass is 16.6. The van der Waals surface area contributed by atoms with Crippen molar-refractivity contribution in [3.05, 3.63) is 64.8 Å². The summed E-state index contributed by atoms with van der Waals surface area (Å²) in [5.74, 6) is 0. The first-order valence-electron chi connectivity index (χ1n) is 10.6. The molecule has 3 heterocycles. The number of aromatic nitrogens is 3. The molecule has 1 atom stereocenters. The van der Waals surface area contributed by atoms with E-state index in [2.05, 4.69) is 22.1 Å². The molecule has 7 heteroatoms. The fourth-order valence-corrected chi connectivity index (χ4v) is 5.27. The van der Waals surface area contributed by atoms with Crippen LogP contribution in [0, 0.1) is 0 Å². The second kappa shape index (κ2) is 7.00. The van der Waals surface area contributed by atoms with Gasteiger partial charge in [0.15, 0.2) is 0 Å². The maximum atomic E-state index is 12.8. The molecule has 0 bridgehead atoms. The molecule has 1 saturated heterocycles. The van der Waals surface area contributed by atoms with Crippen LogP contribution in [-0.2, 0) is 4.74 Å². The Balaban J connectivity index is 1.40. The van der Waals surface area contributed by atoms with E-state index >= 15 is 0 Å². The van der Waals surface area contributed by atoms with Gasteiger partial charge in [0, 0.05) is 18.3 Å². The number of pyridine rings is 1. The summed E-state index contributed by atoms with van der Waals surface area (Å²) in [7, 11) is 0. The minimum atomic E-state index is -0.587. The first-order chi connectivity index (χ1) is 14.5. The van der Waals surface area contributed by atoms with E-state index in [9.17, 15) is 9.59 Å². The first-order valence-corrected chi connectivity index (χ1v) is 10.6. The SMILES string of the molecule is CC1(C)OC(=O)N([C@H]2CC[C@H](n3c(=O)[nH]c4cnccc43)CC2)[C@H]1c1ccccc1. The summed E-state index contributed by atoms with van der Waals surface area (Å²) in [5, 5.41) is 0. The summed E-state index contributed by atoms with van der Waals surface area (Å²) in [5.41, 5.74) is 2.07. The Morgan fingerprint density at radius 1 is 1.03 bits per heavy atom. The Morgan fingerprint density at radius 2 is 1.73 bits per heavy atom. The van der Waals surface area contributed by atoms with Gasteiger partial charge in [-0.25, -0.2) is 9.59 Å². The lowest BCUT2D eigenvalue weighted by molar-refractivity contribution is 0.0662. The van der Waals surface area contributed by atoms with Crippen LogP contribution >= 0.6 is 0 Å². The molecule has 0 spiro atoms. The molecule has 0 radical (unpaired) electrons. The number of carbonyl (C=O) groups is 1. The van der Waals surface area contributed by atoms with Crippen molar-refractivity contribution in [1.29, 1.82) is 0 Å². The Bertz CT molecular complexity index is 1130. The second-order valence-corrected chi connectivity index (χ2v) is 8.85. The molecule has 2 aliphatic rings. The number of rotatable bonds is 3. The van der Waals surface area contributed by atoms with Crippen LogP contribution in [0.1, 0.15) is 57.2 Å². The second-order valence-electron chi connectivity index (χ2n) is 8.85. The lowest BCUT2D eigenvalue weighted by Gasteiger charge is -2.38. The molecule has 1 aliphatic carbocycles. The average Bonchev–Trinajstić information content (AvgIpc) is 3.20. The number of fused-ring (bicyclic) bond motifs is 1. The molecule has 1 amide bonds. The molecule has 156 valence electrons. The number of nitrogens with zero attached hydrogens (tertiary/aromatic N) is 3. The van der Waals surface area contributed by atoms with Crippen molar-refractivity contribution in [2.24, 2.45) is 0 Å². The Labute approximate surface area is 174 Å². The fraction of sp³-hybridized carbons (Fsp3) is 0.435. The van der Waals surface area contributed by atoms with Crippen LogP contribution in [0.15, 0.2) is 53.6 Å². The van der Waals surface area contributed by atoms with Crippen molar-refractivity contribution in [3.8, 4) is 0 Å². The van der Waals surface area contributed by atoms with E-state index in [-0.39, 0.29) is 29.9 Å². The first kappa shape index (κ1) is 18.9. The monoisotopic (exact) mass is 406 g/mol. The van der Waals surface area contributed by atoms with Gasteiger partial charge in [0.1, 0.15) is 5.60 Å². The van der Waals surface area contributed by atoms with Crippen molar-refractivity contribution in [3.63, 3.8) is 0 Å². The number of aromatic amines is 1. The minimum Gasteiger partial charge on any atom is -0.441 e. The van der Waals surface area contributed by atoms with Gasteiger partial charge in [-0.2, -0.15) is 0 Å². The van der Waals surface area contributed by atoms with Gasteiger partial charge in [0.2, 0.25) is 0 Å². The topological polar surface area (TPSA) is 80.2 Å². The van der Waals surface area contributed by atoms with Crippen molar-refractivity contribution in [2.75, 3.05) is 0 Å². The third-order valence-electron chi connectivity index (χ3n) is 6.56. The number of carbonyl (C=O) groups excluding carboxylic acids is 1. The summed E-state index contributed by atoms with van der Waals surface area (Å²) in [6, 6.07) is 12.1. The lowest BCUT2D eigenvalue weighted by Crippen LogP contribution is -2.43. The predicted octanol–water partition coefficient (Wildman–Crippen LogP) is 4.18. The van der Waals surface area contributed by atoms with E-state index in [1.807, 2.05) is 47.6 Å². The highest BCUT2D eigenvalue weighted by molar-refractivity contribution is 5.74. The number of ether oxygens (including phenoxy) is 1. The highest BCUT2D eigenvalue weighted by Gasteiger charge is 2.51. The molecule has 1 aliphatic heterocycles. The molecule has 1 aromatic carbocycles. The smallest absolute Gasteiger partial charge is 0.411 e. The summed E-state index contributed by atoms with van der Waals surface area (Å²) < 4.78 is 7.63. The molecule has 5 rings (SSSR count). The summed E-state index contributed by atoms with van der Waals surface area (Å²) in [6.45, 7) is 3.96. The molecule has 2 fully saturated rings. The Kier molecular flexibility index (Phi) is 4.41. The standard InChI is InChI=1S/C23H26N4O3/c1-23(2)20(15-6-4-3-5-7-15)27(22(29)30-23)17-10-8-16(9-11-17)26-19-12-13-24-14-18(19)25-21(26)28/h3-7,12-14,16-17,20H,8-11H2,1-2H3,(H,25,28)/t16-,17-,20-/m0/s1. The van der Waals surface area contributed by atoms with E-state index in [1.54, 1.807) is 12.4 Å². The van der Waals surface area contributed by atoms with Crippen LogP contribution < -0.4 is 5.69 Å². The van der Waals surface area contributed by atoms with Crippen LogP contribution in [0.5, 0.6) is 0 Å². The van der Waals surface area contributed by atoms with Gasteiger partial charge in [-0.3, -0.25) is 14.5 Å². The summed E-state index contributed by atoms with van der Waals surface area (Å²) in [6.07, 6.45) is 6.51. The average molecular weight is 406 g/mol. The normalized spacial score (nSPS) is 26.1.